The molecule has 1 N–H and O–H groups in total. The number of benzene rings is 1. The molecule has 0 bridgehead atoms. The van der Waals surface area contributed by atoms with Crippen LogP contribution >= 0.6 is 15.9 Å². The Bertz CT molecular complexity index is 616. The second-order valence-electron chi connectivity index (χ2n) is 4.05. The summed E-state index contributed by atoms with van der Waals surface area (Å²) >= 11 is 3.29. The van der Waals surface area contributed by atoms with Crippen molar-refractivity contribution >= 4 is 21.9 Å². The summed E-state index contributed by atoms with van der Waals surface area (Å²) in [6.45, 7) is 1.66. The van der Waals surface area contributed by atoms with Crippen LogP contribution in [0.5, 0.6) is 0 Å². The normalized spacial score (nSPS) is 12.4. The van der Waals surface area contributed by atoms with Gasteiger partial charge >= 0.3 is 5.97 Å². The summed E-state index contributed by atoms with van der Waals surface area (Å²) in [6, 6.07) is 4.14. The number of tetrazole rings is 1. The van der Waals surface area contributed by atoms with E-state index in [4.69, 9.17) is 5.11 Å². The van der Waals surface area contributed by atoms with Crippen molar-refractivity contribution in [3.8, 4) is 11.4 Å². The van der Waals surface area contributed by atoms with Crippen LogP contribution in [0, 0.1) is 11.7 Å². The standard InChI is InChI=1S/C11H10BrFN4O2/c1-6(11(18)19)5-17-10(14-15-16-17)8-4-7(13)2-3-9(8)12/h2-4,6H,5H2,1H3,(H,18,19). The van der Waals surface area contributed by atoms with Crippen molar-refractivity contribution in [1.29, 1.82) is 0 Å². The van der Waals surface area contributed by atoms with Crippen LogP contribution in [0.1, 0.15) is 6.92 Å². The van der Waals surface area contributed by atoms with Gasteiger partial charge in [0.1, 0.15) is 5.82 Å². The summed E-state index contributed by atoms with van der Waals surface area (Å²) in [6.07, 6.45) is 0. The molecular weight excluding hydrogens is 319 g/mol. The third kappa shape index (κ3) is 2.95. The van der Waals surface area contributed by atoms with Gasteiger partial charge in [-0.2, -0.15) is 0 Å². The van der Waals surface area contributed by atoms with Gasteiger partial charge in [0.05, 0.1) is 12.5 Å². The van der Waals surface area contributed by atoms with Crippen molar-refractivity contribution in [3.63, 3.8) is 0 Å². The summed E-state index contributed by atoms with van der Waals surface area (Å²) in [5.41, 5.74) is 0.475. The summed E-state index contributed by atoms with van der Waals surface area (Å²) in [4.78, 5) is 10.8. The molecule has 0 radical (unpaired) electrons. The topological polar surface area (TPSA) is 80.9 Å². The van der Waals surface area contributed by atoms with Crippen LogP contribution < -0.4 is 0 Å². The van der Waals surface area contributed by atoms with Gasteiger partial charge in [0.15, 0.2) is 5.82 Å². The summed E-state index contributed by atoms with van der Waals surface area (Å²) in [7, 11) is 0. The molecule has 8 heteroatoms. The van der Waals surface area contributed by atoms with Crippen molar-refractivity contribution in [2.24, 2.45) is 5.92 Å². The summed E-state index contributed by atoms with van der Waals surface area (Å²) in [5, 5.41) is 19.9. The van der Waals surface area contributed by atoms with E-state index in [1.165, 1.54) is 16.8 Å². The van der Waals surface area contributed by atoms with Crippen molar-refractivity contribution < 1.29 is 14.3 Å². The number of aliphatic carboxylic acids is 1. The van der Waals surface area contributed by atoms with Gasteiger partial charge < -0.3 is 5.11 Å². The number of carboxylic acid groups (broad SMARTS) is 1. The first-order valence-electron chi connectivity index (χ1n) is 5.43. The molecule has 0 spiro atoms. The van der Waals surface area contributed by atoms with Crippen molar-refractivity contribution in [2.75, 3.05) is 0 Å². The molecule has 1 atom stereocenters. The first kappa shape index (κ1) is 13.6. The molecule has 1 unspecified atom stereocenters. The largest absolute Gasteiger partial charge is 0.481 e. The van der Waals surface area contributed by atoms with E-state index < -0.39 is 17.7 Å². The Morgan fingerprint density at radius 2 is 2.32 bits per heavy atom. The Morgan fingerprint density at radius 3 is 3.00 bits per heavy atom. The molecular formula is C11H10BrFN4O2. The Kier molecular flexibility index (Phi) is 3.89. The van der Waals surface area contributed by atoms with E-state index in [1.54, 1.807) is 13.0 Å². The number of nitrogens with zero attached hydrogens (tertiary/aromatic N) is 4. The van der Waals surface area contributed by atoms with Gasteiger partial charge in [-0.05, 0) is 28.6 Å². The Balaban J connectivity index is 2.39. The number of hydrogen-bond donors (Lipinski definition) is 1. The maximum atomic E-state index is 13.3. The molecule has 0 aliphatic carbocycles. The number of carbonyl (C=O) groups is 1. The van der Waals surface area contributed by atoms with Crippen LogP contribution in [0.4, 0.5) is 4.39 Å². The first-order valence-corrected chi connectivity index (χ1v) is 6.22. The maximum Gasteiger partial charge on any atom is 0.308 e. The second-order valence-corrected chi connectivity index (χ2v) is 4.90. The minimum Gasteiger partial charge on any atom is -0.481 e. The number of hydrogen-bond acceptors (Lipinski definition) is 4. The number of halogens is 2. The Labute approximate surface area is 116 Å². The first-order chi connectivity index (χ1) is 8.99. The maximum absolute atomic E-state index is 13.3. The fourth-order valence-corrected chi connectivity index (χ4v) is 1.95. The third-order valence-electron chi connectivity index (χ3n) is 2.57. The quantitative estimate of drug-likeness (QED) is 0.927. The fourth-order valence-electron chi connectivity index (χ4n) is 1.53. The van der Waals surface area contributed by atoms with Crippen LogP contribution in [0.25, 0.3) is 11.4 Å². The molecule has 0 amide bonds. The van der Waals surface area contributed by atoms with E-state index in [2.05, 4.69) is 31.5 Å². The Morgan fingerprint density at radius 1 is 1.58 bits per heavy atom. The van der Waals surface area contributed by atoms with E-state index in [0.29, 0.717) is 15.9 Å². The molecule has 0 fully saturated rings. The van der Waals surface area contributed by atoms with Gasteiger partial charge in [-0.3, -0.25) is 4.79 Å². The van der Waals surface area contributed by atoms with E-state index >= 15 is 0 Å². The van der Waals surface area contributed by atoms with Crippen molar-refractivity contribution in [2.45, 2.75) is 13.5 Å². The van der Waals surface area contributed by atoms with Gasteiger partial charge in [0.2, 0.25) is 0 Å². The second kappa shape index (κ2) is 5.43. The smallest absolute Gasteiger partial charge is 0.308 e. The molecule has 100 valence electrons. The van der Waals surface area contributed by atoms with Crippen molar-refractivity contribution in [3.05, 3.63) is 28.5 Å². The van der Waals surface area contributed by atoms with Gasteiger partial charge in [-0.15, -0.1) is 5.10 Å². The number of carboxylic acids is 1. The highest BCUT2D eigenvalue weighted by atomic mass is 79.9. The molecule has 0 aliphatic heterocycles. The summed E-state index contributed by atoms with van der Waals surface area (Å²) in [5.74, 6) is -1.69. The van der Waals surface area contributed by atoms with Gasteiger partial charge in [-0.1, -0.05) is 22.9 Å². The average Bonchev–Trinajstić information content (AvgIpc) is 2.80. The SMILES string of the molecule is CC(Cn1nnnc1-c1cc(F)ccc1Br)C(=O)O. The lowest BCUT2D eigenvalue weighted by Gasteiger charge is -2.09. The van der Waals surface area contributed by atoms with E-state index in [0.717, 1.165) is 0 Å². The lowest BCUT2D eigenvalue weighted by Crippen LogP contribution is -2.18. The molecule has 2 rings (SSSR count). The third-order valence-corrected chi connectivity index (χ3v) is 3.26. The van der Waals surface area contributed by atoms with Gasteiger partial charge in [-0.25, -0.2) is 9.07 Å². The van der Waals surface area contributed by atoms with Crippen LogP contribution in [-0.2, 0) is 11.3 Å². The zero-order chi connectivity index (χ0) is 14.0. The average molecular weight is 329 g/mol. The number of aromatic nitrogens is 4. The van der Waals surface area contributed by atoms with Crippen molar-refractivity contribution in [1.82, 2.24) is 20.2 Å². The molecule has 0 saturated heterocycles. The molecule has 19 heavy (non-hydrogen) atoms. The Hall–Kier alpha value is -1.83. The lowest BCUT2D eigenvalue weighted by atomic mass is 10.1. The van der Waals surface area contributed by atoms with E-state index in [9.17, 15) is 9.18 Å². The molecule has 0 aliphatic rings. The van der Waals surface area contributed by atoms with Crippen LogP contribution in [0.2, 0.25) is 0 Å². The summed E-state index contributed by atoms with van der Waals surface area (Å²) < 4.78 is 15.2. The van der Waals surface area contributed by atoms with Crippen LogP contribution in [-0.4, -0.2) is 31.3 Å². The van der Waals surface area contributed by atoms with Gasteiger partial charge in [0, 0.05) is 10.0 Å². The molecule has 1 aromatic carbocycles. The highest BCUT2D eigenvalue weighted by Gasteiger charge is 2.18. The molecule has 2 aromatic rings. The number of rotatable bonds is 4. The zero-order valence-electron chi connectivity index (χ0n) is 9.92. The lowest BCUT2D eigenvalue weighted by molar-refractivity contribution is -0.141. The van der Waals surface area contributed by atoms with E-state index in [-0.39, 0.29) is 6.54 Å². The highest BCUT2D eigenvalue weighted by Crippen LogP contribution is 2.27. The molecule has 0 saturated carbocycles. The predicted octanol–water partition coefficient (Wildman–Crippen LogP) is 1.96. The fraction of sp³-hybridized carbons (Fsp3) is 0.273. The highest BCUT2D eigenvalue weighted by molar-refractivity contribution is 9.10. The molecule has 1 aromatic heterocycles. The minimum atomic E-state index is -0.945. The molecule has 6 nitrogen and oxygen atoms in total. The predicted molar refractivity (Wildman–Crippen MR) is 67.7 cm³/mol. The molecule has 1 heterocycles. The van der Waals surface area contributed by atoms with Crippen LogP contribution in [0.3, 0.4) is 0 Å². The van der Waals surface area contributed by atoms with Crippen LogP contribution in [0.15, 0.2) is 22.7 Å². The van der Waals surface area contributed by atoms with E-state index in [1.807, 2.05) is 0 Å². The zero-order valence-corrected chi connectivity index (χ0v) is 11.5. The minimum absolute atomic E-state index is 0.112. The monoisotopic (exact) mass is 328 g/mol. The van der Waals surface area contributed by atoms with Gasteiger partial charge in [0.25, 0.3) is 0 Å².